The van der Waals surface area contributed by atoms with Gasteiger partial charge in [-0.3, -0.25) is 9.59 Å². The molecule has 42 heavy (non-hydrogen) atoms. The van der Waals surface area contributed by atoms with Crippen molar-refractivity contribution in [2.45, 2.75) is 32.6 Å². The van der Waals surface area contributed by atoms with Crippen molar-refractivity contribution in [3.05, 3.63) is 112 Å². The number of halogens is 1. The van der Waals surface area contributed by atoms with Crippen molar-refractivity contribution in [2.24, 2.45) is 0 Å². The monoisotopic (exact) mass is 583 g/mol. The molecule has 212 valence electrons. The molecule has 0 radical (unpaired) electrons. The number of aromatic amines is 1. The maximum absolute atomic E-state index is 14.0. The highest BCUT2D eigenvalue weighted by atomic mass is 32.1. The summed E-state index contributed by atoms with van der Waals surface area (Å²) in [5, 5.41) is 18.1. The minimum absolute atomic E-state index is 0.162. The zero-order valence-corrected chi connectivity index (χ0v) is 23.3. The topological polar surface area (TPSA) is 122 Å². The Morgan fingerprint density at radius 3 is 2.69 bits per heavy atom. The van der Waals surface area contributed by atoms with E-state index in [0.717, 1.165) is 21.3 Å². The van der Waals surface area contributed by atoms with E-state index in [1.807, 2.05) is 48.7 Å². The van der Waals surface area contributed by atoms with Crippen LogP contribution in [0.2, 0.25) is 0 Å². The van der Waals surface area contributed by atoms with Gasteiger partial charge in [0.25, 0.3) is 0 Å². The Bertz CT molecular complexity index is 1820. The Morgan fingerprint density at radius 1 is 1.10 bits per heavy atom. The molecule has 6 rings (SSSR count). The molecule has 6 aromatic rings. The number of carbonyl (C=O) groups excluding carboxylic acids is 2. The summed E-state index contributed by atoms with van der Waals surface area (Å²) < 4.78 is 19.0. The van der Waals surface area contributed by atoms with Crippen LogP contribution in [0.25, 0.3) is 22.5 Å². The minimum atomic E-state index is -0.994. The highest BCUT2D eigenvalue weighted by Crippen LogP contribution is 2.31. The lowest BCUT2D eigenvalue weighted by Gasteiger charge is -2.30. The van der Waals surface area contributed by atoms with E-state index in [0.29, 0.717) is 17.1 Å². The minimum Gasteiger partial charge on any atom is -0.458 e. The van der Waals surface area contributed by atoms with Gasteiger partial charge in [0.2, 0.25) is 17.6 Å². The van der Waals surface area contributed by atoms with Crippen molar-refractivity contribution < 1.29 is 18.4 Å². The van der Waals surface area contributed by atoms with Crippen molar-refractivity contribution in [3.63, 3.8) is 0 Å². The Labute approximate surface area is 243 Å². The molecule has 0 aliphatic heterocycles. The van der Waals surface area contributed by atoms with E-state index >= 15 is 0 Å². The van der Waals surface area contributed by atoms with Crippen LogP contribution in [0.3, 0.4) is 0 Å². The molecule has 1 atom stereocenters. The normalized spacial score (nSPS) is 12.0. The Balaban J connectivity index is 1.34. The highest BCUT2D eigenvalue weighted by Gasteiger charge is 2.34. The van der Waals surface area contributed by atoms with Gasteiger partial charge in [-0.1, -0.05) is 36.4 Å². The van der Waals surface area contributed by atoms with Crippen LogP contribution in [-0.4, -0.2) is 41.9 Å². The number of amides is 2. The molecule has 12 heteroatoms. The fourth-order valence-electron chi connectivity index (χ4n) is 4.73. The molecule has 0 aliphatic carbocycles. The largest absolute Gasteiger partial charge is 0.458 e. The number of hydrogen-bond donors (Lipinski definition) is 2. The van der Waals surface area contributed by atoms with E-state index in [1.165, 1.54) is 33.2 Å². The number of para-hydroxylation sites is 1. The third kappa shape index (κ3) is 5.84. The fraction of sp³-hybridized carbons (Fsp3) is 0.167. The predicted octanol–water partition coefficient (Wildman–Crippen LogP) is 5.01. The van der Waals surface area contributed by atoms with Gasteiger partial charge >= 0.3 is 0 Å². The Morgan fingerprint density at radius 2 is 1.93 bits per heavy atom. The zero-order chi connectivity index (χ0) is 29.1. The van der Waals surface area contributed by atoms with E-state index in [1.54, 1.807) is 30.5 Å². The molecule has 0 aliphatic rings. The number of nitrogens with zero attached hydrogens (tertiary/aromatic N) is 5. The molecular weight excluding hydrogens is 557 g/mol. The molecule has 0 saturated heterocycles. The van der Waals surface area contributed by atoms with Crippen LogP contribution in [0, 0.1) is 12.7 Å². The lowest BCUT2D eigenvalue weighted by molar-refractivity contribution is -0.142. The number of thiophene rings is 1. The molecule has 2 aromatic carbocycles. The lowest BCUT2D eigenvalue weighted by Crippen LogP contribution is -2.44. The second-order valence-electron chi connectivity index (χ2n) is 9.69. The SMILES string of the molecule is Cc1ccc(-c2nnn(CC(=O)N(Cc3cccs3)[C@@H](C(=O)NCc3ccc(F)cc3)c3c[nH]c4ccccc34)n2)o1. The van der Waals surface area contributed by atoms with E-state index in [9.17, 15) is 14.0 Å². The highest BCUT2D eigenvalue weighted by molar-refractivity contribution is 7.09. The number of hydrogen-bond acceptors (Lipinski definition) is 7. The summed E-state index contributed by atoms with van der Waals surface area (Å²) in [6, 6.07) is 19.9. The number of tetrazole rings is 1. The third-order valence-electron chi connectivity index (χ3n) is 6.77. The molecule has 0 bridgehead atoms. The Hall–Kier alpha value is -5.10. The van der Waals surface area contributed by atoms with Crippen LogP contribution in [-0.2, 0) is 29.2 Å². The molecule has 4 heterocycles. The molecule has 0 unspecified atom stereocenters. The number of aromatic nitrogens is 5. The van der Waals surface area contributed by atoms with Crippen LogP contribution >= 0.6 is 11.3 Å². The molecule has 0 fully saturated rings. The van der Waals surface area contributed by atoms with Gasteiger partial charge in [-0.25, -0.2) is 4.39 Å². The first kappa shape index (κ1) is 27.1. The maximum Gasteiger partial charge on any atom is 0.247 e. The summed E-state index contributed by atoms with van der Waals surface area (Å²) >= 11 is 1.49. The van der Waals surface area contributed by atoms with E-state index in [4.69, 9.17) is 4.42 Å². The van der Waals surface area contributed by atoms with Gasteiger partial charge in [-0.2, -0.15) is 4.80 Å². The lowest BCUT2D eigenvalue weighted by atomic mass is 10.0. The maximum atomic E-state index is 14.0. The summed E-state index contributed by atoms with van der Waals surface area (Å²) in [4.78, 5) is 34.9. The van der Waals surface area contributed by atoms with E-state index < -0.39 is 6.04 Å². The first-order chi connectivity index (χ1) is 20.4. The second kappa shape index (κ2) is 11.8. The summed E-state index contributed by atoms with van der Waals surface area (Å²) in [7, 11) is 0. The van der Waals surface area contributed by atoms with Gasteiger partial charge in [-0.15, -0.1) is 21.5 Å². The van der Waals surface area contributed by atoms with Crippen molar-refractivity contribution in [1.82, 2.24) is 35.4 Å². The zero-order valence-electron chi connectivity index (χ0n) is 22.5. The van der Waals surface area contributed by atoms with Crippen LogP contribution in [0.4, 0.5) is 4.39 Å². The number of benzene rings is 2. The first-order valence-electron chi connectivity index (χ1n) is 13.2. The number of rotatable bonds is 10. The number of H-pyrrole nitrogens is 1. The molecular formula is C30H26FN7O3S. The van der Waals surface area contributed by atoms with Crippen molar-refractivity contribution in [3.8, 4) is 11.6 Å². The van der Waals surface area contributed by atoms with E-state index in [2.05, 4.69) is 25.7 Å². The first-order valence-corrected chi connectivity index (χ1v) is 14.1. The van der Waals surface area contributed by atoms with Gasteiger partial charge in [-0.05, 0) is 59.5 Å². The summed E-state index contributed by atoms with van der Waals surface area (Å²) in [5.74, 6) is 0.279. The number of carbonyl (C=O) groups is 2. The van der Waals surface area contributed by atoms with Gasteiger partial charge in [0.15, 0.2) is 5.76 Å². The molecule has 0 saturated carbocycles. The molecule has 0 spiro atoms. The van der Waals surface area contributed by atoms with Gasteiger partial charge in [0, 0.05) is 34.1 Å². The van der Waals surface area contributed by atoms with Crippen LogP contribution < -0.4 is 5.32 Å². The quantitative estimate of drug-likeness (QED) is 0.234. The van der Waals surface area contributed by atoms with Crippen molar-refractivity contribution in [2.75, 3.05) is 0 Å². The number of aryl methyl sites for hydroxylation is 1. The smallest absolute Gasteiger partial charge is 0.247 e. The van der Waals surface area contributed by atoms with Gasteiger partial charge < -0.3 is 19.6 Å². The average Bonchev–Trinajstić information content (AvgIpc) is 3.81. The van der Waals surface area contributed by atoms with Crippen molar-refractivity contribution >= 4 is 34.1 Å². The molecule has 10 nitrogen and oxygen atoms in total. The van der Waals surface area contributed by atoms with Gasteiger partial charge in [0.05, 0.1) is 6.54 Å². The van der Waals surface area contributed by atoms with Gasteiger partial charge in [0.1, 0.15) is 24.2 Å². The predicted molar refractivity (Wildman–Crippen MR) is 154 cm³/mol. The molecule has 2 amide bonds. The Kier molecular flexibility index (Phi) is 7.60. The molecule has 2 N–H and O–H groups in total. The third-order valence-corrected chi connectivity index (χ3v) is 7.63. The standard InChI is InChI=1S/C30H26FN7O3S/c1-19-8-13-26(41-19)29-34-36-38(35-29)18-27(39)37(17-22-5-4-14-42-22)28(24-16-32-25-7-3-2-6-23(24)25)30(40)33-15-20-9-11-21(31)12-10-20/h2-14,16,28,32H,15,17-18H2,1H3,(H,33,40)/t28-/m1/s1. The number of nitrogens with one attached hydrogen (secondary N) is 2. The van der Waals surface area contributed by atoms with E-state index in [-0.39, 0.29) is 43.1 Å². The van der Waals surface area contributed by atoms with Crippen molar-refractivity contribution in [1.29, 1.82) is 0 Å². The summed E-state index contributed by atoms with van der Waals surface area (Å²) in [5.41, 5.74) is 2.21. The van der Waals surface area contributed by atoms with Crippen LogP contribution in [0.15, 0.2) is 88.8 Å². The second-order valence-corrected chi connectivity index (χ2v) is 10.7. The average molecular weight is 584 g/mol. The fourth-order valence-corrected chi connectivity index (χ4v) is 5.43. The molecule has 4 aromatic heterocycles. The summed E-state index contributed by atoms with van der Waals surface area (Å²) in [6.45, 7) is 1.91. The number of fused-ring (bicyclic) bond motifs is 1. The van der Waals surface area contributed by atoms with Crippen LogP contribution in [0.5, 0.6) is 0 Å². The summed E-state index contributed by atoms with van der Waals surface area (Å²) in [6.07, 6.45) is 1.76. The number of furan rings is 1. The van der Waals surface area contributed by atoms with Crippen LogP contribution in [0.1, 0.15) is 27.8 Å².